The molecule has 0 fully saturated rings. The lowest BCUT2D eigenvalue weighted by molar-refractivity contribution is 0.0497. The Bertz CT molecular complexity index is 439. The standard InChI is InChI=1S/C16H25NO3/c1-2-3-4-5-6-7-8-9-12-20-16(19)14-10-11-17-15(18)13-14/h10-11,13H,2-9,12H2,1H3,(H,17,18). The van der Waals surface area contributed by atoms with Gasteiger partial charge in [0.2, 0.25) is 5.56 Å². The summed E-state index contributed by atoms with van der Waals surface area (Å²) in [6.07, 6.45) is 11.1. The fourth-order valence-electron chi connectivity index (χ4n) is 2.06. The Hall–Kier alpha value is -1.58. The maximum Gasteiger partial charge on any atom is 0.338 e. The number of hydrogen-bond donors (Lipinski definition) is 1. The van der Waals surface area contributed by atoms with E-state index in [4.69, 9.17) is 4.74 Å². The van der Waals surface area contributed by atoms with Crippen LogP contribution in [0.2, 0.25) is 0 Å². The van der Waals surface area contributed by atoms with Crippen LogP contribution < -0.4 is 5.56 Å². The second kappa shape index (κ2) is 10.2. The number of H-pyrrole nitrogens is 1. The van der Waals surface area contributed by atoms with Crippen molar-refractivity contribution in [2.75, 3.05) is 6.61 Å². The summed E-state index contributed by atoms with van der Waals surface area (Å²) in [7, 11) is 0. The fourth-order valence-corrected chi connectivity index (χ4v) is 2.06. The summed E-state index contributed by atoms with van der Waals surface area (Å²) in [5.74, 6) is -0.418. The molecule has 1 heterocycles. The molecule has 112 valence electrons. The average molecular weight is 279 g/mol. The van der Waals surface area contributed by atoms with Gasteiger partial charge < -0.3 is 9.72 Å². The van der Waals surface area contributed by atoms with Crippen LogP contribution in [0.25, 0.3) is 0 Å². The van der Waals surface area contributed by atoms with Gasteiger partial charge in [-0.3, -0.25) is 4.79 Å². The largest absolute Gasteiger partial charge is 0.462 e. The number of hydrogen-bond acceptors (Lipinski definition) is 3. The van der Waals surface area contributed by atoms with Crippen molar-refractivity contribution in [1.82, 2.24) is 4.98 Å². The van der Waals surface area contributed by atoms with E-state index in [1.54, 1.807) is 6.07 Å². The summed E-state index contributed by atoms with van der Waals surface area (Å²) < 4.78 is 5.14. The second-order valence-electron chi connectivity index (χ2n) is 5.05. The van der Waals surface area contributed by atoms with Crippen LogP contribution >= 0.6 is 0 Å². The SMILES string of the molecule is CCCCCCCCCCOC(=O)c1cc[nH]c(=O)c1. The molecule has 1 N–H and O–H groups in total. The summed E-state index contributed by atoms with van der Waals surface area (Å²) in [6, 6.07) is 2.81. The lowest BCUT2D eigenvalue weighted by Gasteiger charge is -2.04. The van der Waals surface area contributed by atoms with E-state index in [0.29, 0.717) is 12.2 Å². The van der Waals surface area contributed by atoms with Crippen LogP contribution in [0.1, 0.15) is 68.6 Å². The molecular formula is C16H25NO3. The highest BCUT2D eigenvalue weighted by atomic mass is 16.5. The first-order valence-corrected chi connectivity index (χ1v) is 7.60. The van der Waals surface area contributed by atoms with Gasteiger partial charge in [-0.2, -0.15) is 0 Å². The highest BCUT2D eigenvalue weighted by Gasteiger charge is 2.06. The molecular weight excluding hydrogens is 254 g/mol. The number of aromatic nitrogens is 1. The van der Waals surface area contributed by atoms with Gasteiger partial charge in [0.1, 0.15) is 0 Å². The number of carbonyl (C=O) groups excluding carboxylic acids is 1. The van der Waals surface area contributed by atoms with Gasteiger partial charge in [0.15, 0.2) is 0 Å². The number of nitrogens with one attached hydrogen (secondary N) is 1. The minimum atomic E-state index is -0.418. The Balaban J connectivity index is 2.04. The number of aromatic amines is 1. The maximum absolute atomic E-state index is 11.6. The van der Waals surface area contributed by atoms with Gasteiger partial charge in [-0.1, -0.05) is 51.9 Å². The molecule has 1 rings (SSSR count). The summed E-state index contributed by atoms with van der Waals surface area (Å²) in [5, 5.41) is 0. The fraction of sp³-hybridized carbons (Fsp3) is 0.625. The first kappa shape index (κ1) is 16.5. The van der Waals surface area contributed by atoms with Gasteiger partial charge in [-0.05, 0) is 12.5 Å². The minimum absolute atomic E-state index is 0.286. The number of unbranched alkanes of at least 4 members (excludes halogenated alkanes) is 7. The number of ether oxygens (including phenoxy) is 1. The lowest BCUT2D eigenvalue weighted by Crippen LogP contribution is -2.11. The van der Waals surface area contributed by atoms with Gasteiger partial charge >= 0.3 is 5.97 Å². The molecule has 1 aromatic heterocycles. The van der Waals surface area contributed by atoms with E-state index in [2.05, 4.69) is 11.9 Å². The molecule has 0 aliphatic heterocycles. The van der Waals surface area contributed by atoms with E-state index < -0.39 is 5.97 Å². The van der Waals surface area contributed by atoms with Crippen molar-refractivity contribution in [2.45, 2.75) is 58.3 Å². The average Bonchev–Trinajstić information content (AvgIpc) is 2.45. The third-order valence-corrected chi connectivity index (χ3v) is 3.24. The van der Waals surface area contributed by atoms with E-state index in [9.17, 15) is 9.59 Å². The van der Waals surface area contributed by atoms with Gasteiger partial charge in [0.25, 0.3) is 0 Å². The third kappa shape index (κ3) is 7.12. The van der Waals surface area contributed by atoms with Crippen molar-refractivity contribution < 1.29 is 9.53 Å². The van der Waals surface area contributed by atoms with E-state index in [-0.39, 0.29) is 5.56 Å². The summed E-state index contributed by atoms with van der Waals surface area (Å²) >= 11 is 0. The van der Waals surface area contributed by atoms with E-state index in [0.717, 1.165) is 12.8 Å². The van der Waals surface area contributed by atoms with Crippen LogP contribution in [-0.4, -0.2) is 17.6 Å². The van der Waals surface area contributed by atoms with Crippen molar-refractivity contribution >= 4 is 5.97 Å². The second-order valence-corrected chi connectivity index (χ2v) is 5.05. The zero-order valence-corrected chi connectivity index (χ0v) is 12.3. The molecule has 0 aliphatic carbocycles. The molecule has 0 saturated heterocycles. The van der Waals surface area contributed by atoms with Crippen LogP contribution in [0.5, 0.6) is 0 Å². The molecule has 0 unspecified atom stereocenters. The number of rotatable bonds is 10. The molecule has 0 aliphatic rings. The summed E-state index contributed by atoms with van der Waals surface area (Å²) in [6.45, 7) is 2.65. The van der Waals surface area contributed by atoms with Crippen molar-refractivity contribution in [2.24, 2.45) is 0 Å². The van der Waals surface area contributed by atoms with Crippen molar-refractivity contribution in [3.05, 3.63) is 34.2 Å². The molecule has 0 atom stereocenters. The van der Waals surface area contributed by atoms with Gasteiger partial charge in [-0.25, -0.2) is 4.79 Å². The first-order chi connectivity index (χ1) is 9.74. The zero-order valence-electron chi connectivity index (χ0n) is 12.3. The molecule has 0 radical (unpaired) electrons. The van der Waals surface area contributed by atoms with Crippen LogP contribution in [0.4, 0.5) is 0 Å². The van der Waals surface area contributed by atoms with Gasteiger partial charge in [0.05, 0.1) is 12.2 Å². The molecule has 1 aromatic rings. The van der Waals surface area contributed by atoms with Crippen molar-refractivity contribution in [3.8, 4) is 0 Å². The van der Waals surface area contributed by atoms with Gasteiger partial charge in [-0.15, -0.1) is 0 Å². The Labute approximate surface area is 120 Å². The van der Waals surface area contributed by atoms with Crippen LogP contribution in [0.15, 0.2) is 23.1 Å². The van der Waals surface area contributed by atoms with E-state index in [1.165, 1.54) is 50.8 Å². The predicted molar refractivity (Wildman–Crippen MR) is 80.0 cm³/mol. The van der Waals surface area contributed by atoms with Crippen molar-refractivity contribution in [1.29, 1.82) is 0 Å². The molecule has 4 nitrogen and oxygen atoms in total. The topological polar surface area (TPSA) is 59.2 Å². The molecule has 20 heavy (non-hydrogen) atoms. The van der Waals surface area contributed by atoms with Crippen LogP contribution in [0.3, 0.4) is 0 Å². The maximum atomic E-state index is 11.6. The highest BCUT2D eigenvalue weighted by molar-refractivity contribution is 5.89. The third-order valence-electron chi connectivity index (χ3n) is 3.24. The van der Waals surface area contributed by atoms with Gasteiger partial charge in [0, 0.05) is 12.3 Å². The normalized spacial score (nSPS) is 10.4. The van der Waals surface area contributed by atoms with Crippen molar-refractivity contribution in [3.63, 3.8) is 0 Å². The summed E-state index contributed by atoms with van der Waals surface area (Å²) in [5.41, 5.74) is 0.0276. The Morgan fingerprint density at radius 2 is 1.75 bits per heavy atom. The number of pyridine rings is 1. The van der Waals surface area contributed by atoms with E-state index >= 15 is 0 Å². The quantitative estimate of drug-likeness (QED) is 0.525. The molecule has 0 aromatic carbocycles. The Morgan fingerprint density at radius 1 is 1.10 bits per heavy atom. The zero-order chi connectivity index (χ0) is 14.6. The minimum Gasteiger partial charge on any atom is -0.462 e. The number of carbonyl (C=O) groups is 1. The molecule has 0 saturated carbocycles. The first-order valence-electron chi connectivity index (χ1n) is 7.60. The predicted octanol–water partition coefficient (Wildman–Crippen LogP) is 3.67. The number of esters is 1. The van der Waals surface area contributed by atoms with E-state index in [1.807, 2.05) is 0 Å². The monoisotopic (exact) mass is 279 g/mol. The summed E-state index contributed by atoms with van der Waals surface area (Å²) in [4.78, 5) is 25.2. The Kier molecular flexibility index (Phi) is 8.43. The lowest BCUT2D eigenvalue weighted by atomic mass is 10.1. The molecule has 0 amide bonds. The Morgan fingerprint density at radius 3 is 2.40 bits per heavy atom. The molecule has 0 bridgehead atoms. The smallest absolute Gasteiger partial charge is 0.338 e. The van der Waals surface area contributed by atoms with Crippen LogP contribution in [0, 0.1) is 0 Å². The highest BCUT2D eigenvalue weighted by Crippen LogP contribution is 2.08. The molecule has 4 heteroatoms. The van der Waals surface area contributed by atoms with Crippen LogP contribution in [-0.2, 0) is 4.74 Å². The molecule has 0 spiro atoms.